The molecule has 3 rings (SSSR count). The molecular formula is C46H90N8. The summed E-state index contributed by atoms with van der Waals surface area (Å²) in [5.74, 6) is 2.64. The van der Waals surface area contributed by atoms with E-state index in [4.69, 9.17) is 15.0 Å². The number of unbranched alkanes of at least 4 members (excludes halogenated alkanes) is 6. The zero-order valence-electron chi connectivity index (χ0n) is 38.5. The normalized spacial score (nSPS) is 20.5. The van der Waals surface area contributed by atoms with E-state index in [0.717, 1.165) is 56.4 Å². The van der Waals surface area contributed by atoms with Gasteiger partial charge in [0.15, 0.2) is 0 Å². The smallest absolute Gasteiger partial charge is 0.226 e. The average molecular weight is 755 g/mol. The predicted octanol–water partition coefficient (Wildman–Crippen LogP) is 10.4. The molecule has 2 aliphatic rings. The standard InChI is InChI=1S/C46H90N8/c1-16-18-22-25-38-47-39(49-40(48-38)50-46(14,15)35-41(3,4)5)26-30-54(37-33-44(10,11)52-45(12,13)34-37)29-24-21-19-20-23-28-53(27-17-2)36-31-42(6,7)51-43(8,9)32-36/h36-37,51-52H,16-35H2,1-15H3,(H,47,48,49,50). The Hall–Kier alpha value is -1.35. The third-order valence-electron chi connectivity index (χ3n) is 11.5. The summed E-state index contributed by atoms with van der Waals surface area (Å²) in [5.41, 5.74) is 0.736. The van der Waals surface area contributed by atoms with Crippen molar-refractivity contribution in [3.63, 3.8) is 0 Å². The van der Waals surface area contributed by atoms with Gasteiger partial charge in [0.05, 0.1) is 0 Å². The van der Waals surface area contributed by atoms with Crippen molar-refractivity contribution < 1.29 is 0 Å². The van der Waals surface area contributed by atoms with Crippen LogP contribution >= 0.6 is 0 Å². The number of nitrogens with one attached hydrogen (secondary N) is 3. The highest BCUT2D eigenvalue weighted by Gasteiger charge is 2.41. The van der Waals surface area contributed by atoms with E-state index in [1.54, 1.807) is 0 Å². The summed E-state index contributed by atoms with van der Waals surface area (Å²) >= 11 is 0. The number of hydrogen-bond donors (Lipinski definition) is 3. The lowest BCUT2D eigenvalue weighted by Gasteiger charge is -2.50. The van der Waals surface area contributed by atoms with Crippen molar-refractivity contribution in [2.45, 2.75) is 246 Å². The molecule has 0 unspecified atom stereocenters. The maximum Gasteiger partial charge on any atom is 0.226 e. The highest BCUT2D eigenvalue weighted by atomic mass is 15.2. The highest BCUT2D eigenvalue weighted by Crippen LogP contribution is 2.34. The van der Waals surface area contributed by atoms with Crippen LogP contribution in [0, 0.1) is 5.41 Å². The average Bonchev–Trinajstić information content (AvgIpc) is 2.97. The van der Waals surface area contributed by atoms with Crippen molar-refractivity contribution in [2.24, 2.45) is 5.41 Å². The van der Waals surface area contributed by atoms with Gasteiger partial charge in [0.2, 0.25) is 5.95 Å². The molecular weight excluding hydrogens is 665 g/mol. The molecule has 0 aromatic carbocycles. The Morgan fingerprint density at radius 2 is 1.00 bits per heavy atom. The van der Waals surface area contributed by atoms with E-state index >= 15 is 0 Å². The molecule has 1 aromatic rings. The monoisotopic (exact) mass is 755 g/mol. The molecule has 54 heavy (non-hydrogen) atoms. The molecule has 2 saturated heterocycles. The molecule has 0 radical (unpaired) electrons. The van der Waals surface area contributed by atoms with Gasteiger partial charge in [-0.05, 0) is 152 Å². The van der Waals surface area contributed by atoms with Gasteiger partial charge in [0, 0.05) is 59.2 Å². The Bertz CT molecular complexity index is 1210. The zero-order valence-corrected chi connectivity index (χ0v) is 38.5. The van der Waals surface area contributed by atoms with Gasteiger partial charge in [0.25, 0.3) is 0 Å². The highest BCUT2D eigenvalue weighted by molar-refractivity contribution is 5.29. The van der Waals surface area contributed by atoms with Crippen molar-refractivity contribution in [1.82, 2.24) is 35.4 Å². The lowest BCUT2D eigenvalue weighted by atomic mass is 9.79. The van der Waals surface area contributed by atoms with Gasteiger partial charge in [-0.25, -0.2) is 4.98 Å². The van der Waals surface area contributed by atoms with Crippen LogP contribution in [-0.2, 0) is 12.8 Å². The Labute approximate surface area is 335 Å². The number of aromatic nitrogens is 3. The summed E-state index contributed by atoms with van der Waals surface area (Å²) in [5, 5.41) is 11.6. The minimum Gasteiger partial charge on any atom is -0.349 e. The maximum atomic E-state index is 5.08. The predicted molar refractivity (Wildman–Crippen MR) is 234 cm³/mol. The van der Waals surface area contributed by atoms with Crippen LogP contribution in [0.15, 0.2) is 0 Å². The van der Waals surface area contributed by atoms with Crippen molar-refractivity contribution in [1.29, 1.82) is 0 Å². The van der Waals surface area contributed by atoms with Crippen LogP contribution in [0.25, 0.3) is 0 Å². The first-order valence-electron chi connectivity index (χ1n) is 22.5. The molecule has 2 fully saturated rings. The molecule has 0 atom stereocenters. The summed E-state index contributed by atoms with van der Waals surface area (Å²) in [6, 6.07) is 1.23. The SMILES string of the molecule is CCCCCc1nc(CCN(CCCCCCCN(CCC)C2CC(C)(C)NC(C)(C)C2)C2CC(C)(C)NC(C)(C)C2)nc(NC(C)(C)CC(C)(C)C)n1. The van der Waals surface area contributed by atoms with Crippen LogP contribution in [0.3, 0.4) is 0 Å². The van der Waals surface area contributed by atoms with Crippen molar-refractivity contribution in [3.05, 3.63) is 11.6 Å². The number of rotatable bonds is 22. The first-order valence-corrected chi connectivity index (χ1v) is 22.5. The third-order valence-corrected chi connectivity index (χ3v) is 11.5. The molecule has 3 heterocycles. The van der Waals surface area contributed by atoms with E-state index in [9.17, 15) is 0 Å². The molecule has 0 bridgehead atoms. The zero-order chi connectivity index (χ0) is 40.4. The fraction of sp³-hybridized carbons (Fsp3) is 0.935. The molecule has 3 N–H and O–H groups in total. The van der Waals surface area contributed by atoms with E-state index in [1.165, 1.54) is 90.1 Å². The fourth-order valence-electron chi connectivity index (χ4n) is 10.7. The lowest BCUT2D eigenvalue weighted by molar-refractivity contribution is 0.0640. The first kappa shape index (κ1) is 47.0. The second-order valence-electron chi connectivity index (χ2n) is 22.2. The van der Waals surface area contributed by atoms with Crippen molar-refractivity contribution in [2.75, 3.05) is 31.5 Å². The number of piperidine rings is 2. The van der Waals surface area contributed by atoms with Crippen molar-refractivity contribution in [3.8, 4) is 0 Å². The molecule has 0 aliphatic carbocycles. The molecule has 8 nitrogen and oxygen atoms in total. The van der Waals surface area contributed by atoms with E-state index in [1.807, 2.05) is 0 Å². The van der Waals surface area contributed by atoms with E-state index in [2.05, 4.69) is 130 Å². The van der Waals surface area contributed by atoms with Gasteiger partial charge in [-0.15, -0.1) is 0 Å². The van der Waals surface area contributed by atoms with Crippen LogP contribution in [0.1, 0.15) is 205 Å². The summed E-state index contributed by atoms with van der Waals surface area (Å²) in [6.07, 6.45) is 18.9. The molecule has 0 amide bonds. The summed E-state index contributed by atoms with van der Waals surface area (Å²) in [6.45, 7) is 39.8. The minimum absolute atomic E-state index is 0.106. The van der Waals surface area contributed by atoms with Gasteiger partial charge < -0.3 is 20.9 Å². The van der Waals surface area contributed by atoms with Gasteiger partial charge >= 0.3 is 0 Å². The number of nitrogens with zero attached hydrogens (tertiary/aromatic N) is 5. The Morgan fingerprint density at radius 3 is 1.44 bits per heavy atom. The first-order chi connectivity index (χ1) is 24.9. The number of aryl methyl sites for hydroxylation is 1. The number of anilines is 1. The molecule has 2 aliphatic heterocycles. The van der Waals surface area contributed by atoms with Crippen LogP contribution < -0.4 is 16.0 Å². The molecule has 8 heteroatoms. The molecule has 0 saturated carbocycles. The van der Waals surface area contributed by atoms with Crippen LogP contribution in [0.4, 0.5) is 5.95 Å². The molecule has 0 spiro atoms. The topological polar surface area (TPSA) is 81.2 Å². The maximum absolute atomic E-state index is 5.08. The molecule has 1 aromatic heterocycles. The van der Waals surface area contributed by atoms with Gasteiger partial charge in [-0.1, -0.05) is 66.7 Å². The third kappa shape index (κ3) is 17.4. The van der Waals surface area contributed by atoms with Gasteiger partial charge in [0.1, 0.15) is 11.6 Å². The second-order valence-corrected chi connectivity index (χ2v) is 22.2. The Morgan fingerprint density at radius 1 is 0.556 bits per heavy atom. The summed E-state index contributed by atoms with van der Waals surface area (Å²) in [4.78, 5) is 20.8. The van der Waals surface area contributed by atoms with Gasteiger partial charge in [-0.3, -0.25) is 4.90 Å². The fourth-order valence-corrected chi connectivity index (χ4v) is 10.7. The Kier molecular flexibility index (Phi) is 17.3. The largest absolute Gasteiger partial charge is 0.349 e. The van der Waals surface area contributed by atoms with Crippen LogP contribution in [0.2, 0.25) is 0 Å². The van der Waals surface area contributed by atoms with Crippen LogP contribution in [-0.4, -0.2) is 90.7 Å². The molecule has 314 valence electrons. The Balaban J connectivity index is 1.66. The van der Waals surface area contributed by atoms with E-state index in [0.29, 0.717) is 12.1 Å². The summed E-state index contributed by atoms with van der Waals surface area (Å²) in [7, 11) is 0. The quantitative estimate of drug-likeness (QED) is 0.101. The minimum atomic E-state index is -0.106. The van der Waals surface area contributed by atoms with Gasteiger partial charge in [-0.2, -0.15) is 9.97 Å². The van der Waals surface area contributed by atoms with Crippen molar-refractivity contribution >= 4 is 5.95 Å². The van der Waals surface area contributed by atoms with E-state index < -0.39 is 0 Å². The number of hydrogen-bond acceptors (Lipinski definition) is 8. The van der Waals surface area contributed by atoms with Crippen LogP contribution in [0.5, 0.6) is 0 Å². The summed E-state index contributed by atoms with van der Waals surface area (Å²) < 4.78 is 0. The second kappa shape index (κ2) is 19.9. The van der Waals surface area contributed by atoms with E-state index in [-0.39, 0.29) is 33.1 Å². The lowest BCUT2D eigenvalue weighted by Crippen LogP contribution is -2.62.